The van der Waals surface area contributed by atoms with Crippen molar-refractivity contribution in [3.63, 3.8) is 0 Å². The summed E-state index contributed by atoms with van der Waals surface area (Å²) in [6.45, 7) is 5.58. The maximum Gasteiger partial charge on any atom is 0.253 e. The van der Waals surface area contributed by atoms with Crippen LogP contribution in [0.4, 0.5) is 0 Å². The number of piperidine rings is 1. The minimum Gasteiger partial charge on any atom is -0.354 e. The molecule has 1 fully saturated rings. The van der Waals surface area contributed by atoms with E-state index in [4.69, 9.17) is 0 Å². The normalized spacial score (nSPS) is 15.2. The lowest BCUT2D eigenvalue weighted by Gasteiger charge is -2.36. The predicted octanol–water partition coefficient (Wildman–Crippen LogP) is 3.17. The number of hydrogen-bond donors (Lipinski definition) is 2. The molecule has 0 bridgehead atoms. The van der Waals surface area contributed by atoms with E-state index in [-0.39, 0.29) is 23.6 Å². The van der Waals surface area contributed by atoms with Gasteiger partial charge in [0.05, 0.1) is 0 Å². The molecule has 2 N–H and O–H groups in total. The zero-order chi connectivity index (χ0) is 22.2. The van der Waals surface area contributed by atoms with Crippen LogP contribution in [0.15, 0.2) is 54.6 Å². The third kappa shape index (κ3) is 5.72. The van der Waals surface area contributed by atoms with Crippen LogP contribution in [0.25, 0.3) is 0 Å². The Morgan fingerprint density at radius 1 is 1.00 bits per heavy atom. The Balaban J connectivity index is 1.68. The van der Waals surface area contributed by atoms with E-state index >= 15 is 0 Å². The SMILES string of the molecule is CCCNC(=O)[C@@H](NC(=O)c1ccccc1C)C1CCN(C(=O)c2ccccc2)CC1. The van der Waals surface area contributed by atoms with Crippen molar-refractivity contribution in [2.24, 2.45) is 5.92 Å². The van der Waals surface area contributed by atoms with Crippen LogP contribution >= 0.6 is 0 Å². The smallest absolute Gasteiger partial charge is 0.253 e. The predicted molar refractivity (Wildman–Crippen MR) is 121 cm³/mol. The lowest BCUT2D eigenvalue weighted by molar-refractivity contribution is -0.124. The average Bonchev–Trinajstić information content (AvgIpc) is 2.81. The van der Waals surface area contributed by atoms with Crippen molar-refractivity contribution in [1.82, 2.24) is 15.5 Å². The van der Waals surface area contributed by atoms with Crippen molar-refractivity contribution in [2.45, 2.75) is 39.2 Å². The molecule has 1 heterocycles. The van der Waals surface area contributed by atoms with E-state index in [2.05, 4.69) is 10.6 Å². The summed E-state index contributed by atoms with van der Waals surface area (Å²) in [4.78, 5) is 40.3. The number of rotatable bonds is 7. The van der Waals surface area contributed by atoms with Gasteiger partial charge in [0.25, 0.3) is 11.8 Å². The second-order valence-electron chi connectivity index (χ2n) is 8.05. The van der Waals surface area contributed by atoms with Gasteiger partial charge in [0, 0.05) is 30.8 Å². The summed E-state index contributed by atoms with van der Waals surface area (Å²) in [5.41, 5.74) is 2.12. The van der Waals surface area contributed by atoms with Crippen LogP contribution in [0.5, 0.6) is 0 Å². The molecule has 0 aromatic heterocycles. The van der Waals surface area contributed by atoms with Crippen LogP contribution in [0.3, 0.4) is 0 Å². The van der Waals surface area contributed by atoms with E-state index in [1.165, 1.54) is 0 Å². The van der Waals surface area contributed by atoms with Crippen LogP contribution in [0, 0.1) is 12.8 Å². The molecule has 1 aliphatic heterocycles. The molecule has 0 radical (unpaired) electrons. The molecule has 0 unspecified atom stereocenters. The monoisotopic (exact) mass is 421 g/mol. The van der Waals surface area contributed by atoms with Crippen molar-refractivity contribution < 1.29 is 14.4 Å². The fraction of sp³-hybridized carbons (Fsp3) is 0.400. The molecule has 6 heteroatoms. The fourth-order valence-corrected chi connectivity index (χ4v) is 4.00. The highest BCUT2D eigenvalue weighted by molar-refractivity contribution is 5.98. The number of hydrogen-bond acceptors (Lipinski definition) is 3. The lowest BCUT2D eigenvalue weighted by atomic mass is 9.88. The highest BCUT2D eigenvalue weighted by Gasteiger charge is 2.34. The van der Waals surface area contributed by atoms with Crippen molar-refractivity contribution in [3.05, 3.63) is 71.3 Å². The van der Waals surface area contributed by atoms with Gasteiger partial charge >= 0.3 is 0 Å². The van der Waals surface area contributed by atoms with Gasteiger partial charge in [0.2, 0.25) is 5.91 Å². The highest BCUT2D eigenvalue weighted by Crippen LogP contribution is 2.23. The van der Waals surface area contributed by atoms with Crippen LogP contribution in [0.2, 0.25) is 0 Å². The summed E-state index contributed by atoms with van der Waals surface area (Å²) in [6, 6.07) is 16.0. The summed E-state index contributed by atoms with van der Waals surface area (Å²) in [6.07, 6.45) is 2.15. The molecule has 2 aromatic carbocycles. The van der Waals surface area contributed by atoms with Gasteiger partial charge in [0.1, 0.15) is 6.04 Å². The number of likely N-dealkylation sites (tertiary alicyclic amines) is 1. The zero-order valence-corrected chi connectivity index (χ0v) is 18.3. The van der Waals surface area contributed by atoms with E-state index in [0.29, 0.717) is 43.6 Å². The largest absolute Gasteiger partial charge is 0.354 e. The Labute approximate surface area is 184 Å². The van der Waals surface area contributed by atoms with Gasteiger partial charge in [-0.3, -0.25) is 14.4 Å². The van der Waals surface area contributed by atoms with Crippen LogP contribution in [-0.2, 0) is 4.79 Å². The first-order valence-electron chi connectivity index (χ1n) is 11.0. The van der Waals surface area contributed by atoms with E-state index in [9.17, 15) is 14.4 Å². The molecule has 31 heavy (non-hydrogen) atoms. The van der Waals surface area contributed by atoms with Gasteiger partial charge in [-0.25, -0.2) is 0 Å². The molecule has 3 amide bonds. The second kappa shape index (κ2) is 10.8. The second-order valence-corrected chi connectivity index (χ2v) is 8.05. The number of amides is 3. The molecular formula is C25H31N3O3. The molecule has 1 saturated heterocycles. The highest BCUT2D eigenvalue weighted by atomic mass is 16.2. The number of benzene rings is 2. The maximum absolute atomic E-state index is 12.9. The lowest BCUT2D eigenvalue weighted by Crippen LogP contribution is -2.54. The minimum absolute atomic E-state index is 0.00924. The number of carbonyl (C=O) groups excluding carboxylic acids is 3. The van der Waals surface area contributed by atoms with Crippen molar-refractivity contribution >= 4 is 17.7 Å². The van der Waals surface area contributed by atoms with Crippen LogP contribution < -0.4 is 10.6 Å². The van der Waals surface area contributed by atoms with Crippen molar-refractivity contribution in [2.75, 3.05) is 19.6 Å². The summed E-state index contributed by atoms with van der Waals surface area (Å²) in [5.74, 6) is -0.409. The quantitative estimate of drug-likeness (QED) is 0.721. The topological polar surface area (TPSA) is 78.5 Å². The van der Waals surface area contributed by atoms with E-state index in [1.54, 1.807) is 6.07 Å². The number of nitrogens with one attached hydrogen (secondary N) is 2. The molecule has 0 saturated carbocycles. The van der Waals surface area contributed by atoms with E-state index in [1.807, 2.05) is 67.3 Å². The Morgan fingerprint density at radius 3 is 2.29 bits per heavy atom. The van der Waals surface area contributed by atoms with E-state index < -0.39 is 6.04 Å². The fourth-order valence-electron chi connectivity index (χ4n) is 4.00. The Hall–Kier alpha value is -3.15. The zero-order valence-electron chi connectivity index (χ0n) is 18.3. The molecule has 3 rings (SSSR count). The summed E-state index contributed by atoms with van der Waals surface area (Å²) in [5, 5.41) is 5.90. The summed E-state index contributed by atoms with van der Waals surface area (Å²) in [7, 11) is 0. The van der Waals surface area contributed by atoms with Crippen molar-refractivity contribution in [3.8, 4) is 0 Å². The van der Waals surface area contributed by atoms with Gasteiger partial charge in [-0.15, -0.1) is 0 Å². The molecular weight excluding hydrogens is 390 g/mol. The number of aryl methyl sites for hydroxylation is 1. The maximum atomic E-state index is 12.9. The van der Waals surface area contributed by atoms with Crippen LogP contribution in [0.1, 0.15) is 52.5 Å². The van der Waals surface area contributed by atoms with Gasteiger partial charge < -0.3 is 15.5 Å². The molecule has 2 aromatic rings. The molecule has 6 nitrogen and oxygen atoms in total. The molecule has 164 valence electrons. The number of carbonyl (C=O) groups is 3. The Bertz CT molecular complexity index is 905. The van der Waals surface area contributed by atoms with E-state index in [0.717, 1.165) is 12.0 Å². The minimum atomic E-state index is -0.618. The average molecular weight is 422 g/mol. The van der Waals surface area contributed by atoms with Gasteiger partial charge in [-0.05, 0) is 55.9 Å². The van der Waals surface area contributed by atoms with Gasteiger partial charge in [0.15, 0.2) is 0 Å². The Kier molecular flexibility index (Phi) is 7.82. The first kappa shape index (κ1) is 22.5. The number of nitrogens with zero attached hydrogens (tertiary/aromatic N) is 1. The Morgan fingerprint density at radius 2 is 1.65 bits per heavy atom. The van der Waals surface area contributed by atoms with Gasteiger partial charge in [-0.2, -0.15) is 0 Å². The molecule has 1 atom stereocenters. The summed E-state index contributed by atoms with van der Waals surface area (Å²) < 4.78 is 0. The van der Waals surface area contributed by atoms with Crippen molar-refractivity contribution in [1.29, 1.82) is 0 Å². The standard InChI is InChI=1S/C25H31N3O3/c1-3-15-26-24(30)22(27-23(29)21-12-8-7-9-18(21)2)19-13-16-28(17-14-19)25(31)20-10-5-4-6-11-20/h4-12,19,22H,3,13-17H2,1-2H3,(H,26,30)(H,27,29)/t22-/m0/s1. The third-order valence-electron chi connectivity index (χ3n) is 5.83. The van der Waals surface area contributed by atoms with Crippen LogP contribution in [-0.4, -0.2) is 48.3 Å². The van der Waals surface area contributed by atoms with Gasteiger partial charge in [-0.1, -0.05) is 43.3 Å². The molecule has 1 aliphatic rings. The first-order chi connectivity index (χ1) is 15.0. The molecule has 0 spiro atoms. The molecule has 0 aliphatic carbocycles. The first-order valence-corrected chi connectivity index (χ1v) is 11.0. The summed E-state index contributed by atoms with van der Waals surface area (Å²) >= 11 is 0. The third-order valence-corrected chi connectivity index (χ3v) is 5.83.